The van der Waals surface area contributed by atoms with Crippen LogP contribution in [0.3, 0.4) is 0 Å². The Morgan fingerprint density at radius 3 is 2.60 bits per heavy atom. The molecule has 0 unspecified atom stereocenters. The molecule has 0 saturated heterocycles. The average Bonchev–Trinajstić information content (AvgIpc) is 2.85. The highest BCUT2D eigenvalue weighted by Gasteiger charge is 2.14. The maximum absolute atomic E-state index is 13.7. The van der Waals surface area contributed by atoms with Gasteiger partial charge < -0.3 is 4.74 Å². The van der Waals surface area contributed by atoms with Crippen LogP contribution in [0.15, 0.2) is 18.5 Å². The third kappa shape index (κ3) is 3.25. The van der Waals surface area contributed by atoms with Crippen molar-refractivity contribution in [3.8, 4) is 5.75 Å². The number of halogens is 3. The molecule has 1 aromatic carbocycles. The fourth-order valence-corrected chi connectivity index (χ4v) is 1.92. The van der Waals surface area contributed by atoms with Crippen LogP contribution in [0.1, 0.15) is 24.7 Å². The first-order chi connectivity index (χ1) is 9.65. The summed E-state index contributed by atoms with van der Waals surface area (Å²) in [6, 6.07) is 2.31. The van der Waals surface area contributed by atoms with Crippen LogP contribution in [-0.2, 0) is 19.0 Å². The standard InChI is InChI=1S/C13H14ClF2N3O/c1-2-3-19-12(17-8-18-19)7-20-13-10(15)4-9(6-14)5-11(13)16/h4-5,8H,2-3,6-7H2,1H3. The first-order valence-corrected chi connectivity index (χ1v) is 6.72. The molecule has 0 N–H and O–H groups in total. The second-order valence-electron chi connectivity index (χ2n) is 4.21. The normalized spacial score (nSPS) is 10.8. The Hall–Kier alpha value is -1.69. The Bertz CT molecular complexity index is 566. The van der Waals surface area contributed by atoms with Crippen LogP contribution >= 0.6 is 11.6 Å². The van der Waals surface area contributed by atoms with Crippen LogP contribution in [0.5, 0.6) is 5.75 Å². The van der Waals surface area contributed by atoms with Crippen LogP contribution in [0.2, 0.25) is 0 Å². The first-order valence-electron chi connectivity index (χ1n) is 6.19. The fourth-order valence-electron chi connectivity index (χ4n) is 1.76. The molecule has 1 aromatic heterocycles. The topological polar surface area (TPSA) is 39.9 Å². The van der Waals surface area contributed by atoms with Gasteiger partial charge in [0, 0.05) is 12.4 Å². The van der Waals surface area contributed by atoms with E-state index < -0.39 is 17.4 Å². The second kappa shape index (κ2) is 6.65. The van der Waals surface area contributed by atoms with E-state index in [1.165, 1.54) is 6.33 Å². The molecule has 4 nitrogen and oxygen atoms in total. The van der Waals surface area contributed by atoms with Crippen molar-refractivity contribution in [1.29, 1.82) is 0 Å². The number of benzene rings is 1. The SMILES string of the molecule is CCCn1ncnc1COc1c(F)cc(CCl)cc1F. The zero-order valence-corrected chi connectivity index (χ0v) is 11.7. The highest BCUT2D eigenvalue weighted by atomic mass is 35.5. The molecule has 0 aliphatic rings. The van der Waals surface area contributed by atoms with Gasteiger partial charge in [-0.3, -0.25) is 0 Å². The maximum atomic E-state index is 13.7. The molecule has 0 radical (unpaired) electrons. The summed E-state index contributed by atoms with van der Waals surface area (Å²) < 4.78 is 34.2. The molecule has 2 rings (SSSR count). The zero-order valence-electron chi connectivity index (χ0n) is 10.9. The van der Waals surface area contributed by atoms with Gasteiger partial charge in [0.2, 0.25) is 0 Å². The Balaban J connectivity index is 2.13. The summed E-state index contributed by atoms with van der Waals surface area (Å²) in [4.78, 5) is 4.00. The molecule has 2 aromatic rings. The van der Waals surface area contributed by atoms with Crippen LogP contribution in [0.4, 0.5) is 8.78 Å². The van der Waals surface area contributed by atoms with Gasteiger partial charge in [-0.2, -0.15) is 5.10 Å². The van der Waals surface area contributed by atoms with E-state index in [0.717, 1.165) is 18.6 Å². The summed E-state index contributed by atoms with van der Waals surface area (Å²) in [5.74, 6) is -1.42. The maximum Gasteiger partial charge on any atom is 0.191 e. The molecule has 0 atom stereocenters. The zero-order chi connectivity index (χ0) is 14.5. The molecule has 0 amide bonds. The minimum absolute atomic E-state index is 0.0406. The summed E-state index contributed by atoms with van der Waals surface area (Å²) in [6.07, 6.45) is 2.27. The number of aromatic nitrogens is 3. The van der Waals surface area contributed by atoms with E-state index in [4.69, 9.17) is 16.3 Å². The van der Waals surface area contributed by atoms with Crippen molar-refractivity contribution in [3.05, 3.63) is 41.5 Å². The fraction of sp³-hybridized carbons (Fsp3) is 0.385. The summed E-state index contributed by atoms with van der Waals surface area (Å²) in [7, 11) is 0. The van der Waals surface area contributed by atoms with Crippen molar-refractivity contribution in [3.63, 3.8) is 0 Å². The lowest BCUT2D eigenvalue weighted by Gasteiger charge is -2.10. The van der Waals surface area contributed by atoms with E-state index in [2.05, 4.69) is 10.1 Å². The monoisotopic (exact) mass is 301 g/mol. The van der Waals surface area contributed by atoms with Gasteiger partial charge in [0.05, 0.1) is 0 Å². The molecule has 0 spiro atoms. The Morgan fingerprint density at radius 2 is 2.00 bits per heavy atom. The summed E-state index contributed by atoms with van der Waals surface area (Å²) in [5.41, 5.74) is 0.364. The number of hydrogen-bond acceptors (Lipinski definition) is 3. The van der Waals surface area contributed by atoms with Crippen molar-refractivity contribution in [2.75, 3.05) is 0 Å². The van der Waals surface area contributed by atoms with Crippen LogP contribution in [0.25, 0.3) is 0 Å². The van der Waals surface area contributed by atoms with Crippen LogP contribution in [-0.4, -0.2) is 14.8 Å². The Labute approximate surface area is 120 Å². The second-order valence-corrected chi connectivity index (χ2v) is 4.48. The van der Waals surface area contributed by atoms with E-state index >= 15 is 0 Å². The van der Waals surface area contributed by atoms with Crippen LogP contribution < -0.4 is 4.74 Å². The third-order valence-electron chi connectivity index (χ3n) is 2.69. The van der Waals surface area contributed by atoms with Crippen molar-refractivity contribution >= 4 is 11.6 Å². The molecule has 0 aliphatic carbocycles. The minimum atomic E-state index is -0.776. The summed E-state index contributed by atoms with van der Waals surface area (Å²) in [5, 5.41) is 4.01. The Kier molecular flexibility index (Phi) is 4.89. The van der Waals surface area contributed by atoms with E-state index in [0.29, 0.717) is 17.9 Å². The average molecular weight is 302 g/mol. The van der Waals surface area contributed by atoms with Gasteiger partial charge >= 0.3 is 0 Å². The van der Waals surface area contributed by atoms with E-state index in [-0.39, 0.29) is 12.5 Å². The van der Waals surface area contributed by atoms with Crippen molar-refractivity contribution in [2.24, 2.45) is 0 Å². The van der Waals surface area contributed by atoms with Gasteiger partial charge in [-0.1, -0.05) is 6.92 Å². The van der Waals surface area contributed by atoms with E-state index in [9.17, 15) is 8.78 Å². The molecule has 0 aliphatic heterocycles. The molecule has 1 heterocycles. The van der Waals surface area contributed by atoms with Crippen molar-refractivity contribution < 1.29 is 13.5 Å². The van der Waals surface area contributed by atoms with Crippen molar-refractivity contribution in [2.45, 2.75) is 32.4 Å². The van der Waals surface area contributed by atoms with Crippen molar-refractivity contribution in [1.82, 2.24) is 14.8 Å². The molecule has 0 fully saturated rings. The lowest BCUT2D eigenvalue weighted by Crippen LogP contribution is -2.09. The lowest BCUT2D eigenvalue weighted by atomic mass is 10.2. The highest BCUT2D eigenvalue weighted by molar-refractivity contribution is 6.17. The smallest absolute Gasteiger partial charge is 0.191 e. The minimum Gasteiger partial charge on any atom is -0.479 e. The molecule has 0 bridgehead atoms. The van der Waals surface area contributed by atoms with E-state index in [1.807, 2.05) is 6.92 Å². The number of rotatable bonds is 6. The number of ether oxygens (including phenoxy) is 1. The number of aryl methyl sites for hydroxylation is 1. The summed E-state index contributed by atoms with van der Waals surface area (Å²) in [6.45, 7) is 2.62. The highest BCUT2D eigenvalue weighted by Crippen LogP contribution is 2.24. The van der Waals surface area contributed by atoms with Gasteiger partial charge in [-0.15, -0.1) is 11.6 Å². The van der Waals surface area contributed by atoms with Gasteiger partial charge in [0.1, 0.15) is 12.9 Å². The van der Waals surface area contributed by atoms with Gasteiger partial charge in [0.15, 0.2) is 23.2 Å². The van der Waals surface area contributed by atoms with Crippen LogP contribution in [0, 0.1) is 11.6 Å². The molecule has 20 heavy (non-hydrogen) atoms. The van der Waals surface area contributed by atoms with Gasteiger partial charge in [0.25, 0.3) is 0 Å². The van der Waals surface area contributed by atoms with Gasteiger partial charge in [-0.25, -0.2) is 18.4 Å². The largest absolute Gasteiger partial charge is 0.479 e. The number of hydrogen-bond donors (Lipinski definition) is 0. The lowest BCUT2D eigenvalue weighted by molar-refractivity contribution is 0.258. The molecular weight excluding hydrogens is 288 g/mol. The quantitative estimate of drug-likeness (QED) is 0.769. The van der Waals surface area contributed by atoms with Gasteiger partial charge in [-0.05, 0) is 24.1 Å². The predicted molar refractivity (Wildman–Crippen MR) is 70.6 cm³/mol. The first kappa shape index (κ1) is 14.7. The number of nitrogens with zero attached hydrogens (tertiary/aromatic N) is 3. The molecular formula is C13H14ClF2N3O. The molecule has 0 saturated carbocycles. The predicted octanol–water partition coefficient (Wildman–Crippen LogP) is 3.28. The summed E-state index contributed by atoms with van der Waals surface area (Å²) >= 11 is 5.54. The van der Waals surface area contributed by atoms with E-state index in [1.54, 1.807) is 4.68 Å². The Morgan fingerprint density at radius 1 is 1.30 bits per heavy atom. The third-order valence-corrected chi connectivity index (χ3v) is 3.00. The molecule has 108 valence electrons. The molecule has 7 heteroatoms. The number of alkyl halides is 1.